The van der Waals surface area contributed by atoms with Crippen molar-refractivity contribution >= 4 is 17.3 Å². The molecule has 0 atom stereocenters. The van der Waals surface area contributed by atoms with E-state index >= 15 is 0 Å². The highest BCUT2D eigenvalue weighted by Gasteiger charge is 2.20. The number of carbonyl (C=O) groups excluding carboxylic acids is 1. The van der Waals surface area contributed by atoms with Crippen molar-refractivity contribution < 1.29 is 9.90 Å². The molecule has 2 aromatic carbocycles. The van der Waals surface area contributed by atoms with Gasteiger partial charge in [0.05, 0.1) is 12.2 Å². The van der Waals surface area contributed by atoms with Crippen LogP contribution in [0.1, 0.15) is 5.56 Å². The smallest absolute Gasteiger partial charge is 0.238 e. The SMILES string of the molecule is Cc1ccc(NC(=O)CN2CCN(c3ccccc3O)CC2)cc1. The van der Waals surface area contributed by atoms with Crippen molar-refractivity contribution in [2.24, 2.45) is 0 Å². The Bertz CT molecular complexity index is 692. The number of carbonyl (C=O) groups is 1. The molecular weight excluding hydrogens is 302 g/mol. The Morgan fingerprint density at radius 2 is 1.71 bits per heavy atom. The second kappa shape index (κ2) is 7.36. The number of benzene rings is 2. The molecule has 5 nitrogen and oxygen atoms in total. The average Bonchev–Trinajstić information content (AvgIpc) is 2.58. The predicted molar refractivity (Wildman–Crippen MR) is 96.6 cm³/mol. The maximum absolute atomic E-state index is 12.2. The van der Waals surface area contributed by atoms with Gasteiger partial charge in [-0.25, -0.2) is 0 Å². The number of nitrogens with zero attached hydrogens (tertiary/aromatic N) is 2. The summed E-state index contributed by atoms with van der Waals surface area (Å²) in [7, 11) is 0. The molecular formula is C19H23N3O2. The maximum Gasteiger partial charge on any atom is 0.238 e. The minimum Gasteiger partial charge on any atom is -0.506 e. The van der Waals surface area contributed by atoms with Crippen LogP contribution in [0.4, 0.5) is 11.4 Å². The van der Waals surface area contributed by atoms with Crippen LogP contribution in [0.3, 0.4) is 0 Å². The van der Waals surface area contributed by atoms with E-state index in [-0.39, 0.29) is 5.91 Å². The van der Waals surface area contributed by atoms with E-state index < -0.39 is 0 Å². The number of hydrogen-bond acceptors (Lipinski definition) is 4. The van der Waals surface area contributed by atoms with Gasteiger partial charge in [0.25, 0.3) is 0 Å². The summed E-state index contributed by atoms with van der Waals surface area (Å²) < 4.78 is 0. The van der Waals surface area contributed by atoms with E-state index in [9.17, 15) is 9.90 Å². The number of phenolic OH excluding ortho intramolecular Hbond substituents is 1. The van der Waals surface area contributed by atoms with Gasteiger partial charge in [-0.3, -0.25) is 9.69 Å². The number of hydrogen-bond donors (Lipinski definition) is 2. The molecule has 3 rings (SSSR count). The number of rotatable bonds is 4. The summed E-state index contributed by atoms with van der Waals surface area (Å²) in [5, 5.41) is 12.9. The second-order valence-corrected chi connectivity index (χ2v) is 6.17. The molecule has 1 amide bonds. The van der Waals surface area contributed by atoms with Crippen LogP contribution in [0.5, 0.6) is 5.75 Å². The van der Waals surface area contributed by atoms with Crippen LogP contribution in [0, 0.1) is 6.92 Å². The number of aryl methyl sites for hydroxylation is 1. The minimum atomic E-state index is 0.00913. The molecule has 1 aliphatic rings. The monoisotopic (exact) mass is 325 g/mol. The zero-order valence-corrected chi connectivity index (χ0v) is 13.9. The number of para-hydroxylation sites is 2. The van der Waals surface area contributed by atoms with Gasteiger partial charge in [-0.1, -0.05) is 29.8 Å². The number of amides is 1. The zero-order valence-electron chi connectivity index (χ0n) is 13.9. The van der Waals surface area contributed by atoms with E-state index in [1.54, 1.807) is 6.07 Å². The first-order valence-electron chi connectivity index (χ1n) is 8.23. The number of piperazine rings is 1. The van der Waals surface area contributed by atoms with E-state index in [4.69, 9.17) is 0 Å². The van der Waals surface area contributed by atoms with E-state index in [2.05, 4.69) is 15.1 Å². The molecule has 2 aromatic rings. The summed E-state index contributed by atoms with van der Waals surface area (Å²) in [6, 6.07) is 15.2. The van der Waals surface area contributed by atoms with Crippen molar-refractivity contribution in [1.82, 2.24) is 4.90 Å². The van der Waals surface area contributed by atoms with Gasteiger partial charge in [-0.05, 0) is 31.2 Å². The lowest BCUT2D eigenvalue weighted by molar-refractivity contribution is -0.117. The third kappa shape index (κ3) is 4.06. The van der Waals surface area contributed by atoms with E-state index in [0.29, 0.717) is 12.3 Å². The summed E-state index contributed by atoms with van der Waals surface area (Å²) in [6.07, 6.45) is 0. The summed E-state index contributed by atoms with van der Waals surface area (Å²) in [6.45, 7) is 5.62. The first-order chi connectivity index (χ1) is 11.6. The predicted octanol–water partition coefficient (Wildman–Crippen LogP) is 2.46. The summed E-state index contributed by atoms with van der Waals surface area (Å²) in [5.41, 5.74) is 2.87. The Balaban J connectivity index is 1.49. The molecule has 0 aliphatic carbocycles. The van der Waals surface area contributed by atoms with E-state index in [0.717, 1.165) is 37.6 Å². The molecule has 24 heavy (non-hydrogen) atoms. The maximum atomic E-state index is 12.2. The highest BCUT2D eigenvalue weighted by Crippen LogP contribution is 2.27. The molecule has 126 valence electrons. The molecule has 0 aromatic heterocycles. The van der Waals surface area contributed by atoms with Crippen molar-refractivity contribution in [2.75, 3.05) is 42.9 Å². The van der Waals surface area contributed by atoms with E-state index in [1.165, 1.54) is 5.56 Å². The van der Waals surface area contributed by atoms with Crippen LogP contribution in [0.25, 0.3) is 0 Å². The molecule has 0 unspecified atom stereocenters. The number of aromatic hydroxyl groups is 1. The summed E-state index contributed by atoms with van der Waals surface area (Å²) >= 11 is 0. The zero-order chi connectivity index (χ0) is 16.9. The first kappa shape index (κ1) is 16.3. The lowest BCUT2D eigenvalue weighted by Gasteiger charge is -2.35. The summed E-state index contributed by atoms with van der Waals surface area (Å²) in [4.78, 5) is 16.5. The lowest BCUT2D eigenvalue weighted by atomic mass is 10.2. The quantitative estimate of drug-likeness (QED) is 0.907. The number of nitrogens with one attached hydrogen (secondary N) is 1. The lowest BCUT2D eigenvalue weighted by Crippen LogP contribution is -2.48. The van der Waals surface area contributed by atoms with Crippen molar-refractivity contribution in [1.29, 1.82) is 0 Å². The first-order valence-corrected chi connectivity index (χ1v) is 8.23. The molecule has 1 fully saturated rings. The van der Waals surface area contributed by atoms with Crippen molar-refractivity contribution in [3.63, 3.8) is 0 Å². The van der Waals surface area contributed by atoms with Crippen molar-refractivity contribution in [3.05, 3.63) is 54.1 Å². The van der Waals surface area contributed by atoms with Crippen LogP contribution >= 0.6 is 0 Å². The number of anilines is 2. The van der Waals surface area contributed by atoms with Gasteiger partial charge >= 0.3 is 0 Å². The second-order valence-electron chi connectivity index (χ2n) is 6.17. The molecule has 1 saturated heterocycles. The fourth-order valence-corrected chi connectivity index (χ4v) is 2.92. The standard InChI is InChI=1S/C19H23N3O2/c1-15-6-8-16(9-7-15)20-19(24)14-21-10-12-22(13-11-21)17-4-2-3-5-18(17)23/h2-9,23H,10-14H2,1H3,(H,20,24). The van der Waals surface area contributed by atoms with Crippen LogP contribution < -0.4 is 10.2 Å². The Hall–Kier alpha value is -2.53. The van der Waals surface area contributed by atoms with E-state index in [1.807, 2.05) is 49.4 Å². The Kier molecular flexibility index (Phi) is 5.01. The van der Waals surface area contributed by atoms with Gasteiger partial charge in [-0.15, -0.1) is 0 Å². The van der Waals surface area contributed by atoms with Gasteiger partial charge in [0.2, 0.25) is 5.91 Å². The largest absolute Gasteiger partial charge is 0.506 e. The van der Waals surface area contributed by atoms with Crippen LogP contribution in [-0.4, -0.2) is 48.6 Å². The molecule has 0 radical (unpaired) electrons. The fraction of sp³-hybridized carbons (Fsp3) is 0.316. The van der Waals surface area contributed by atoms with Gasteiger partial charge < -0.3 is 15.3 Å². The third-order valence-electron chi connectivity index (χ3n) is 4.30. The molecule has 2 N–H and O–H groups in total. The highest BCUT2D eigenvalue weighted by atomic mass is 16.3. The molecule has 1 heterocycles. The molecule has 1 aliphatic heterocycles. The highest BCUT2D eigenvalue weighted by molar-refractivity contribution is 5.92. The van der Waals surface area contributed by atoms with Gasteiger partial charge in [0.1, 0.15) is 5.75 Å². The molecule has 0 bridgehead atoms. The Morgan fingerprint density at radius 3 is 2.38 bits per heavy atom. The van der Waals surface area contributed by atoms with Crippen LogP contribution in [-0.2, 0) is 4.79 Å². The van der Waals surface area contributed by atoms with Crippen LogP contribution in [0.2, 0.25) is 0 Å². The topological polar surface area (TPSA) is 55.8 Å². The Labute approximate surface area is 142 Å². The van der Waals surface area contributed by atoms with Crippen molar-refractivity contribution in [2.45, 2.75) is 6.92 Å². The van der Waals surface area contributed by atoms with Gasteiger partial charge in [0.15, 0.2) is 0 Å². The van der Waals surface area contributed by atoms with Crippen molar-refractivity contribution in [3.8, 4) is 5.75 Å². The number of phenols is 1. The van der Waals surface area contributed by atoms with Crippen LogP contribution in [0.15, 0.2) is 48.5 Å². The average molecular weight is 325 g/mol. The van der Waals surface area contributed by atoms with Gasteiger partial charge in [0, 0.05) is 31.9 Å². The third-order valence-corrected chi connectivity index (χ3v) is 4.30. The van der Waals surface area contributed by atoms with Gasteiger partial charge in [-0.2, -0.15) is 0 Å². The normalized spacial score (nSPS) is 15.3. The molecule has 0 saturated carbocycles. The minimum absolute atomic E-state index is 0.00913. The molecule has 0 spiro atoms. The Morgan fingerprint density at radius 1 is 1.04 bits per heavy atom. The molecule has 5 heteroatoms. The summed E-state index contributed by atoms with van der Waals surface area (Å²) in [5.74, 6) is 0.318. The fourth-order valence-electron chi connectivity index (χ4n) is 2.92.